The molecule has 0 N–H and O–H groups in total. The Kier molecular flexibility index (Phi) is 17.4. The molecule has 2 nitrogen and oxygen atoms in total. The average Bonchev–Trinajstić information content (AvgIpc) is 2.83. The normalized spacial score (nSPS) is 12.0. The molecule has 0 atom stereocenters. The number of benzene rings is 2. The third-order valence-corrected chi connectivity index (χ3v) is 6.58. The van der Waals surface area contributed by atoms with Gasteiger partial charge in [0.25, 0.3) is 0 Å². The van der Waals surface area contributed by atoms with E-state index in [0.717, 1.165) is 37.1 Å². The van der Waals surface area contributed by atoms with Crippen molar-refractivity contribution in [2.45, 2.75) is 125 Å². The summed E-state index contributed by atoms with van der Waals surface area (Å²) in [5, 5.41) is 0. The smallest absolute Gasteiger partial charge is 0.0639 e. The molecule has 2 aromatic rings. The van der Waals surface area contributed by atoms with Crippen LogP contribution in [0.4, 0.5) is 11.4 Å². The Morgan fingerprint density at radius 2 is 1.14 bits per heavy atom. The molecular weight excluding hydrogens is 483 g/mol. The fourth-order valence-corrected chi connectivity index (χ4v) is 4.63. The third-order valence-electron chi connectivity index (χ3n) is 6.58. The molecule has 36 heavy (non-hydrogen) atoms. The largest absolute Gasteiger partial charge is 0.252 e. The van der Waals surface area contributed by atoms with E-state index >= 15 is 0 Å². The van der Waals surface area contributed by atoms with Crippen LogP contribution in [0.15, 0.2) is 52.4 Å². The van der Waals surface area contributed by atoms with Gasteiger partial charge >= 0.3 is 0 Å². The maximum absolute atomic E-state index is 5.26. The summed E-state index contributed by atoms with van der Waals surface area (Å²) in [6, 6.07) is 15.5. The molecule has 0 aliphatic heterocycles. The van der Waals surface area contributed by atoms with Crippen molar-refractivity contribution in [2.75, 3.05) is 0 Å². The van der Waals surface area contributed by atoms with Crippen LogP contribution in [0.1, 0.15) is 121 Å². The first-order valence-electron chi connectivity index (χ1n) is 14.4. The summed E-state index contributed by atoms with van der Waals surface area (Å²) in [5.41, 5.74) is 8.48. The standard InChI is InChI=1S/C33H50N2.Ni/c1-6-9-12-13-14-16-22-33(34-30-20-17-19-29(26-30)18-15-10-7-2)32(21-11-8-3)35-31-24-27(4)23-28(5)25-31;/h17,19-20,23-26H,6-16,18,21-22H2,1-5H3;/b34-33+,35-32+;. The quantitative estimate of drug-likeness (QED) is 0.110. The van der Waals surface area contributed by atoms with E-state index < -0.39 is 0 Å². The molecule has 0 unspecified atom stereocenters. The van der Waals surface area contributed by atoms with E-state index in [9.17, 15) is 0 Å². The second kappa shape index (κ2) is 19.4. The van der Waals surface area contributed by atoms with Gasteiger partial charge in [-0.15, -0.1) is 0 Å². The van der Waals surface area contributed by atoms with Gasteiger partial charge in [-0.25, -0.2) is 0 Å². The Morgan fingerprint density at radius 1 is 0.583 bits per heavy atom. The van der Waals surface area contributed by atoms with Crippen LogP contribution in [0.3, 0.4) is 0 Å². The number of aryl methyl sites for hydroxylation is 3. The second-order valence-electron chi connectivity index (χ2n) is 10.2. The summed E-state index contributed by atoms with van der Waals surface area (Å²) < 4.78 is 0. The summed E-state index contributed by atoms with van der Waals surface area (Å²) in [5.74, 6) is 0. The Bertz CT molecular complexity index is 909. The fourth-order valence-electron chi connectivity index (χ4n) is 4.63. The van der Waals surface area contributed by atoms with Gasteiger partial charge in [-0.2, -0.15) is 0 Å². The minimum absolute atomic E-state index is 0. The molecule has 0 spiro atoms. The van der Waals surface area contributed by atoms with Crippen molar-refractivity contribution < 1.29 is 16.5 Å². The number of unbranched alkanes of at least 4 members (excludes halogenated alkanes) is 8. The molecule has 0 saturated carbocycles. The molecular formula is C33H50N2Ni. The summed E-state index contributed by atoms with van der Waals surface area (Å²) in [4.78, 5) is 10.5. The average molecular weight is 533 g/mol. The summed E-state index contributed by atoms with van der Waals surface area (Å²) in [6.07, 6.45) is 17.1. The van der Waals surface area contributed by atoms with Crippen LogP contribution < -0.4 is 0 Å². The van der Waals surface area contributed by atoms with E-state index in [4.69, 9.17) is 9.98 Å². The van der Waals surface area contributed by atoms with Crippen LogP contribution in [0.25, 0.3) is 0 Å². The van der Waals surface area contributed by atoms with Gasteiger partial charge in [0.05, 0.1) is 22.8 Å². The minimum Gasteiger partial charge on any atom is -0.252 e. The van der Waals surface area contributed by atoms with Crippen molar-refractivity contribution in [3.05, 3.63) is 59.2 Å². The predicted molar refractivity (Wildman–Crippen MR) is 157 cm³/mol. The zero-order chi connectivity index (χ0) is 25.3. The molecule has 0 amide bonds. The fraction of sp³-hybridized carbons (Fsp3) is 0.576. The number of hydrogen-bond donors (Lipinski definition) is 0. The molecule has 3 heteroatoms. The van der Waals surface area contributed by atoms with Gasteiger partial charge in [0, 0.05) is 16.5 Å². The van der Waals surface area contributed by atoms with Crippen molar-refractivity contribution in [3.63, 3.8) is 0 Å². The molecule has 0 heterocycles. The molecule has 0 aromatic heterocycles. The van der Waals surface area contributed by atoms with Crippen LogP contribution >= 0.6 is 0 Å². The number of aliphatic imine (C=N–C) groups is 2. The first-order valence-corrected chi connectivity index (χ1v) is 14.4. The van der Waals surface area contributed by atoms with Gasteiger partial charge in [0.15, 0.2) is 0 Å². The molecule has 0 radical (unpaired) electrons. The van der Waals surface area contributed by atoms with Crippen LogP contribution in [0.2, 0.25) is 0 Å². The minimum atomic E-state index is 0. The van der Waals surface area contributed by atoms with Crippen molar-refractivity contribution in [2.24, 2.45) is 9.98 Å². The molecule has 0 saturated heterocycles. The number of rotatable bonds is 17. The van der Waals surface area contributed by atoms with Crippen LogP contribution in [-0.4, -0.2) is 11.4 Å². The van der Waals surface area contributed by atoms with E-state index in [0.29, 0.717) is 0 Å². The van der Waals surface area contributed by atoms with E-state index in [2.05, 4.69) is 77.1 Å². The SMILES string of the molecule is CCCCCCCCC(=N\c1cccc(CCCCC)c1)/C(CCCC)=N/c1cc(C)cc(C)c1.[Ni]. The molecule has 202 valence electrons. The van der Waals surface area contributed by atoms with Gasteiger partial charge in [-0.1, -0.05) is 90.3 Å². The molecule has 0 aliphatic carbocycles. The Morgan fingerprint density at radius 3 is 1.81 bits per heavy atom. The zero-order valence-electron chi connectivity index (χ0n) is 23.7. The number of nitrogens with zero attached hydrogens (tertiary/aromatic N) is 2. The van der Waals surface area contributed by atoms with Gasteiger partial charge in [0.2, 0.25) is 0 Å². The molecule has 0 aliphatic rings. The molecule has 0 bridgehead atoms. The van der Waals surface area contributed by atoms with E-state index in [1.165, 1.54) is 92.3 Å². The summed E-state index contributed by atoms with van der Waals surface area (Å²) >= 11 is 0. The van der Waals surface area contributed by atoms with E-state index in [-0.39, 0.29) is 16.5 Å². The van der Waals surface area contributed by atoms with Gasteiger partial charge < -0.3 is 0 Å². The molecule has 2 aromatic carbocycles. The van der Waals surface area contributed by atoms with Crippen molar-refractivity contribution >= 4 is 22.8 Å². The second-order valence-corrected chi connectivity index (χ2v) is 10.2. The van der Waals surface area contributed by atoms with Gasteiger partial charge in [-0.3, -0.25) is 9.98 Å². The third kappa shape index (κ3) is 13.0. The van der Waals surface area contributed by atoms with Crippen molar-refractivity contribution in [1.82, 2.24) is 0 Å². The maximum atomic E-state index is 5.26. The van der Waals surface area contributed by atoms with Crippen LogP contribution in [0.5, 0.6) is 0 Å². The molecule has 0 fully saturated rings. The predicted octanol–water partition coefficient (Wildman–Crippen LogP) is 10.8. The van der Waals surface area contributed by atoms with Crippen LogP contribution in [-0.2, 0) is 22.9 Å². The Balaban J connectivity index is 0.00000648. The monoisotopic (exact) mass is 532 g/mol. The van der Waals surface area contributed by atoms with Crippen molar-refractivity contribution in [1.29, 1.82) is 0 Å². The first-order chi connectivity index (χ1) is 17.0. The molecule has 2 rings (SSSR count). The van der Waals surface area contributed by atoms with Crippen molar-refractivity contribution in [3.8, 4) is 0 Å². The van der Waals surface area contributed by atoms with E-state index in [1.807, 2.05) is 0 Å². The first kappa shape index (κ1) is 32.3. The number of hydrogen-bond acceptors (Lipinski definition) is 2. The summed E-state index contributed by atoms with van der Waals surface area (Å²) in [7, 11) is 0. The Labute approximate surface area is 232 Å². The maximum Gasteiger partial charge on any atom is 0.0639 e. The van der Waals surface area contributed by atoms with Crippen LogP contribution in [0, 0.1) is 13.8 Å². The van der Waals surface area contributed by atoms with Gasteiger partial charge in [0.1, 0.15) is 0 Å². The zero-order valence-corrected chi connectivity index (χ0v) is 24.6. The van der Waals surface area contributed by atoms with E-state index in [1.54, 1.807) is 0 Å². The topological polar surface area (TPSA) is 24.7 Å². The van der Waals surface area contributed by atoms with Gasteiger partial charge in [-0.05, 0) is 93.3 Å². The Hall–Kier alpha value is -1.73. The summed E-state index contributed by atoms with van der Waals surface area (Å²) in [6.45, 7) is 11.1.